The van der Waals surface area contributed by atoms with E-state index in [9.17, 15) is 20.2 Å². The predicted octanol–water partition coefficient (Wildman–Crippen LogP) is 0.985. The Balaban J connectivity index is 2.44. The molecule has 9 nitrogen and oxygen atoms in total. The van der Waals surface area contributed by atoms with Gasteiger partial charge in [-0.25, -0.2) is 0 Å². The number of amidine groups is 1. The van der Waals surface area contributed by atoms with E-state index in [1.165, 1.54) is 11.1 Å². The molecule has 0 fully saturated rings. The second-order valence-corrected chi connectivity index (χ2v) is 3.65. The van der Waals surface area contributed by atoms with Crippen LogP contribution in [-0.2, 0) is 0 Å². The average Bonchev–Trinajstić information content (AvgIpc) is 2.75. The summed E-state index contributed by atoms with van der Waals surface area (Å²) in [5.41, 5.74) is 4.82. The molecule has 0 saturated heterocycles. The Bertz CT molecular complexity index is 556. The number of hydrazone groups is 1. The summed E-state index contributed by atoms with van der Waals surface area (Å²) in [4.78, 5) is 19.9. The Morgan fingerprint density at radius 1 is 1.22 bits per heavy atom. The number of nitro groups is 2. The van der Waals surface area contributed by atoms with Crippen LogP contribution in [-0.4, -0.2) is 22.2 Å². The summed E-state index contributed by atoms with van der Waals surface area (Å²) in [6, 6.07) is 3.63. The van der Waals surface area contributed by atoms with Crippen LogP contribution in [0, 0.1) is 20.2 Å². The van der Waals surface area contributed by atoms with Gasteiger partial charge >= 0.3 is 11.4 Å². The minimum atomic E-state index is -0.788. The van der Waals surface area contributed by atoms with Gasteiger partial charge < -0.3 is 5.73 Å². The number of nitro benzene ring substituents is 2. The average molecular weight is 251 g/mol. The van der Waals surface area contributed by atoms with Gasteiger partial charge in [-0.05, 0) is 6.07 Å². The molecule has 0 saturated carbocycles. The quantitative estimate of drug-likeness (QED) is 0.629. The molecule has 1 aromatic rings. The number of anilines is 1. The molecule has 18 heavy (non-hydrogen) atoms. The van der Waals surface area contributed by atoms with E-state index < -0.39 is 21.2 Å². The van der Waals surface area contributed by atoms with E-state index in [1.807, 2.05) is 0 Å². The maximum atomic E-state index is 10.8. The smallest absolute Gasteiger partial charge is 0.348 e. The molecule has 0 aromatic heterocycles. The molecule has 0 aliphatic carbocycles. The van der Waals surface area contributed by atoms with Crippen molar-refractivity contribution in [1.82, 2.24) is 0 Å². The topological polar surface area (TPSA) is 128 Å². The number of benzene rings is 1. The Hall–Kier alpha value is -2.71. The molecule has 9 heteroatoms. The SMILES string of the molecule is NC1=NN(c2ccc([N+](=O)[O-])c([N+](=O)[O-])c2)CC1. The lowest BCUT2D eigenvalue weighted by molar-refractivity contribution is -0.422. The number of hydrogen-bond donors (Lipinski definition) is 1. The van der Waals surface area contributed by atoms with Crippen molar-refractivity contribution in [3.05, 3.63) is 38.4 Å². The molecule has 1 aromatic carbocycles. The number of nitrogens with zero attached hydrogens (tertiary/aromatic N) is 4. The molecule has 0 radical (unpaired) electrons. The highest BCUT2D eigenvalue weighted by Crippen LogP contribution is 2.32. The lowest BCUT2D eigenvalue weighted by Gasteiger charge is -2.12. The lowest BCUT2D eigenvalue weighted by atomic mass is 10.2. The third-order valence-corrected chi connectivity index (χ3v) is 2.48. The number of rotatable bonds is 3. The van der Waals surface area contributed by atoms with Crippen molar-refractivity contribution in [2.75, 3.05) is 11.6 Å². The largest absolute Gasteiger partial charge is 0.386 e. The summed E-state index contributed by atoms with van der Waals surface area (Å²) >= 11 is 0. The standard InChI is InChI=1S/C9H9N5O4/c10-9-3-4-12(11-9)6-1-2-7(13(15)16)8(5-6)14(17)18/h1-2,5H,3-4H2,(H2,10,11). The van der Waals surface area contributed by atoms with Gasteiger partial charge in [0.1, 0.15) is 5.84 Å². The maximum Gasteiger partial charge on any atom is 0.348 e. The van der Waals surface area contributed by atoms with E-state index in [4.69, 9.17) is 5.73 Å². The van der Waals surface area contributed by atoms with Crippen LogP contribution in [0.1, 0.15) is 6.42 Å². The molecule has 2 N–H and O–H groups in total. The maximum absolute atomic E-state index is 10.8. The highest BCUT2D eigenvalue weighted by molar-refractivity contribution is 5.84. The first-order valence-corrected chi connectivity index (χ1v) is 5.02. The van der Waals surface area contributed by atoms with E-state index in [0.29, 0.717) is 24.5 Å². The number of hydrogen-bond acceptors (Lipinski definition) is 7. The summed E-state index contributed by atoms with van der Waals surface area (Å²) in [5.74, 6) is 0.427. The van der Waals surface area contributed by atoms with Crippen molar-refractivity contribution in [3.8, 4) is 0 Å². The zero-order valence-electron chi connectivity index (χ0n) is 9.15. The van der Waals surface area contributed by atoms with Gasteiger partial charge in [0.2, 0.25) is 0 Å². The third-order valence-electron chi connectivity index (χ3n) is 2.48. The van der Waals surface area contributed by atoms with Gasteiger partial charge in [0.15, 0.2) is 0 Å². The monoisotopic (exact) mass is 251 g/mol. The van der Waals surface area contributed by atoms with Gasteiger partial charge in [0, 0.05) is 25.1 Å². The number of nitrogens with two attached hydrogens (primary N) is 1. The van der Waals surface area contributed by atoms with E-state index >= 15 is 0 Å². The Kier molecular flexibility index (Phi) is 2.80. The third kappa shape index (κ3) is 2.05. The Labute approximate surface area is 101 Å². The first kappa shape index (κ1) is 11.8. The van der Waals surface area contributed by atoms with Crippen molar-refractivity contribution < 1.29 is 9.85 Å². The minimum Gasteiger partial charge on any atom is -0.386 e. The van der Waals surface area contributed by atoms with Gasteiger partial charge in [-0.3, -0.25) is 25.2 Å². The van der Waals surface area contributed by atoms with Crippen LogP contribution in [0.3, 0.4) is 0 Å². The fraction of sp³-hybridized carbons (Fsp3) is 0.222. The van der Waals surface area contributed by atoms with Crippen LogP contribution in [0.15, 0.2) is 23.3 Å². The highest BCUT2D eigenvalue weighted by atomic mass is 16.6. The van der Waals surface area contributed by atoms with Crippen LogP contribution in [0.2, 0.25) is 0 Å². The molecule has 0 bridgehead atoms. The first-order chi connectivity index (χ1) is 8.49. The molecular formula is C9H9N5O4. The molecule has 1 aliphatic rings. The van der Waals surface area contributed by atoms with Crippen molar-refractivity contribution in [2.24, 2.45) is 10.8 Å². The van der Waals surface area contributed by atoms with Gasteiger partial charge in [-0.2, -0.15) is 5.10 Å². The summed E-state index contributed by atoms with van der Waals surface area (Å²) in [5, 5.41) is 26.9. The van der Waals surface area contributed by atoms with Crippen LogP contribution in [0.5, 0.6) is 0 Å². The molecule has 2 rings (SSSR count). The van der Waals surface area contributed by atoms with Crippen LogP contribution < -0.4 is 10.7 Å². The van der Waals surface area contributed by atoms with Crippen LogP contribution in [0.4, 0.5) is 17.1 Å². The fourth-order valence-corrected chi connectivity index (χ4v) is 1.64. The summed E-state index contributed by atoms with van der Waals surface area (Å²) in [6.45, 7) is 0.501. The second-order valence-electron chi connectivity index (χ2n) is 3.65. The molecule has 0 spiro atoms. The molecule has 1 heterocycles. The molecule has 1 aliphatic heterocycles. The molecule has 0 amide bonds. The molecular weight excluding hydrogens is 242 g/mol. The zero-order valence-corrected chi connectivity index (χ0v) is 9.15. The molecule has 94 valence electrons. The van der Waals surface area contributed by atoms with Gasteiger partial charge in [-0.15, -0.1) is 0 Å². The fourth-order valence-electron chi connectivity index (χ4n) is 1.64. The van der Waals surface area contributed by atoms with E-state index in [-0.39, 0.29) is 0 Å². The minimum absolute atomic E-state index is 0.410. The summed E-state index contributed by atoms with van der Waals surface area (Å²) in [6.07, 6.45) is 0.560. The van der Waals surface area contributed by atoms with Crippen LogP contribution >= 0.6 is 0 Å². The van der Waals surface area contributed by atoms with E-state index in [2.05, 4.69) is 5.10 Å². The lowest BCUT2D eigenvalue weighted by Crippen LogP contribution is -2.12. The summed E-state index contributed by atoms with van der Waals surface area (Å²) < 4.78 is 0. The van der Waals surface area contributed by atoms with Crippen molar-refractivity contribution in [3.63, 3.8) is 0 Å². The van der Waals surface area contributed by atoms with E-state index in [1.54, 1.807) is 0 Å². The Morgan fingerprint density at radius 3 is 2.39 bits per heavy atom. The van der Waals surface area contributed by atoms with Gasteiger partial charge in [0.05, 0.1) is 15.5 Å². The normalized spacial score (nSPS) is 14.4. The highest BCUT2D eigenvalue weighted by Gasteiger charge is 2.26. The van der Waals surface area contributed by atoms with Crippen molar-refractivity contribution in [1.29, 1.82) is 0 Å². The van der Waals surface area contributed by atoms with Crippen molar-refractivity contribution >= 4 is 22.9 Å². The van der Waals surface area contributed by atoms with E-state index in [0.717, 1.165) is 12.1 Å². The predicted molar refractivity (Wildman–Crippen MR) is 63.3 cm³/mol. The molecule has 0 unspecified atom stereocenters. The first-order valence-electron chi connectivity index (χ1n) is 5.02. The van der Waals surface area contributed by atoms with Crippen molar-refractivity contribution in [2.45, 2.75) is 6.42 Å². The summed E-state index contributed by atoms with van der Waals surface area (Å²) in [7, 11) is 0. The molecule has 0 atom stereocenters. The van der Waals surface area contributed by atoms with Gasteiger partial charge in [0.25, 0.3) is 0 Å². The second kappa shape index (κ2) is 4.28. The Morgan fingerprint density at radius 2 is 1.89 bits per heavy atom. The van der Waals surface area contributed by atoms with Crippen LogP contribution in [0.25, 0.3) is 0 Å². The van der Waals surface area contributed by atoms with Gasteiger partial charge in [-0.1, -0.05) is 0 Å². The zero-order chi connectivity index (χ0) is 13.3.